The maximum atomic E-state index is 13.5. The van der Waals surface area contributed by atoms with Gasteiger partial charge in [0, 0.05) is 16.1 Å². The molecule has 0 aliphatic carbocycles. The molecule has 0 spiro atoms. The summed E-state index contributed by atoms with van der Waals surface area (Å²) in [5.41, 5.74) is 6.41. The van der Waals surface area contributed by atoms with Gasteiger partial charge < -0.3 is 5.11 Å². The number of fused-ring (bicyclic) bond motifs is 1. The number of aromatic hydroxyl groups is 1. The van der Waals surface area contributed by atoms with Crippen LogP contribution in [0.3, 0.4) is 0 Å². The van der Waals surface area contributed by atoms with Crippen molar-refractivity contribution in [2.24, 2.45) is 10.8 Å². The molecule has 1 unspecified atom stereocenters. The number of benzodiazepines with no additional fused rings is 1. The van der Waals surface area contributed by atoms with E-state index in [4.69, 9.17) is 22.4 Å². The van der Waals surface area contributed by atoms with E-state index in [1.807, 2.05) is 12.1 Å². The topological polar surface area (TPSA) is 78.9 Å². The maximum absolute atomic E-state index is 13.5. The lowest BCUT2D eigenvalue weighted by molar-refractivity contribution is -0.119. The fraction of sp³-hybridized carbons (Fsp3) is 0.161. The number of aliphatic imine (C=N–C) groups is 1. The van der Waals surface area contributed by atoms with Crippen molar-refractivity contribution in [3.8, 4) is 5.75 Å². The molecule has 6 heteroatoms. The van der Waals surface area contributed by atoms with E-state index in [1.165, 1.54) is 21.7 Å². The zero-order valence-corrected chi connectivity index (χ0v) is 21.1. The highest BCUT2D eigenvalue weighted by molar-refractivity contribution is 6.32. The number of aryl methyl sites for hydroxylation is 3. The van der Waals surface area contributed by atoms with Gasteiger partial charge in [-0.25, -0.2) is 10.9 Å². The summed E-state index contributed by atoms with van der Waals surface area (Å²) in [4.78, 5) is 18.4. The number of hydrogen-bond acceptors (Lipinski definition) is 4. The molecule has 1 amide bonds. The number of carbonyl (C=O) groups is 1. The van der Waals surface area contributed by atoms with Crippen LogP contribution in [-0.2, 0) is 24.1 Å². The Labute approximate surface area is 221 Å². The van der Waals surface area contributed by atoms with E-state index in [1.54, 1.807) is 42.5 Å². The van der Waals surface area contributed by atoms with Crippen LogP contribution in [0, 0.1) is 0 Å². The molecule has 1 heterocycles. The quantitative estimate of drug-likeness (QED) is 0.241. The molecule has 0 aromatic heterocycles. The molecule has 1 atom stereocenters. The van der Waals surface area contributed by atoms with Crippen molar-refractivity contribution in [1.82, 2.24) is 0 Å². The van der Waals surface area contributed by atoms with E-state index in [0.29, 0.717) is 34.8 Å². The van der Waals surface area contributed by atoms with E-state index in [-0.39, 0.29) is 11.7 Å². The first kappa shape index (κ1) is 24.8. The van der Waals surface area contributed by atoms with E-state index < -0.39 is 6.04 Å². The lowest BCUT2D eigenvalue weighted by atomic mass is 9.95. The summed E-state index contributed by atoms with van der Waals surface area (Å²) in [5.74, 6) is 6.23. The van der Waals surface area contributed by atoms with Gasteiger partial charge in [0.05, 0.1) is 11.4 Å². The zero-order chi connectivity index (χ0) is 25.8. The van der Waals surface area contributed by atoms with E-state index in [0.717, 1.165) is 18.4 Å². The number of phenols is 1. The first-order chi connectivity index (χ1) is 18.0. The number of hydrazine groups is 1. The first-order valence-corrected chi connectivity index (χ1v) is 12.7. The number of carbonyl (C=O) groups excluding carboxylic acids is 1. The number of benzene rings is 4. The number of nitrogens with zero attached hydrogens (tertiary/aromatic N) is 2. The Bertz CT molecular complexity index is 1430. The van der Waals surface area contributed by atoms with Crippen LogP contribution >= 0.6 is 11.6 Å². The predicted molar refractivity (Wildman–Crippen MR) is 149 cm³/mol. The molecule has 5 rings (SSSR count). The highest BCUT2D eigenvalue weighted by atomic mass is 35.5. The largest absolute Gasteiger partial charge is 0.508 e. The first-order valence-electron chi connectivity index (χ1n) is 12.4. The highest BCUT2D eigenvalue weighted by Gasteiger charge is 2.30. The summed E-state index contributed by atoms with van der Waals surface area (Å²) in [6.07, 6.45) is 3.08. The Kier molecular flexibility index (Phi) is 7.35. The van der Waals surface area contributed by atoms with E-state index in [2.05, 4.69) is 42.5 Å². The average Bonchev–Trinajstić information content (AvgIpc) is 3.02. The van der Waals surface area contributed by atoms with Crippen molar-refractivity contribution in [2.75, 3.05) is 5.01 Å². The predicted octanol–water partition coefficient (Wildman–Crippen LogP) is 5.89. The Morgan fingerprint density at radius 2 is 1.51 bits per heavy atom. The summed E-state index contributed by atoms with van der Waals surface area (Å²) in [7, 11) is 0. The van der Waals surface area contributed by atoms with Crippen molar-refractivity contribution in [3.63, 3.8) is 0 Å². The molecule has 0 fully saturated rings. The number of nitrogens with two attached hydrogens (primary N) is 1. The van der Waals surface area contributed by atoms with Gasteiger partial charge in [0.1, 0.15) is 11.8 Å². The normalized spacial score (nSPS) is 15.2. The van der Waals surface area contributed by atoms with Crippen LogP contribution in [0.4, 0.5) is 5.69 Å². The third-order valence-corrected chi connectivity index (χ3v) is 6.99. The summed E-state index contributed by atoms with van der Waals surface area (Å²) < 4.78 is 0. The molecule has 1 aliphatic rings. The van der Waals surface area contributed by atoms with Gasteiger partial charge in [-0.1, -0.05) is 66.2 Å². The van der Waals surface area contributed by atoms with Gasteiger partial charge in [-0.15, -0.1) is 0 Å². The summed E-state index contributed by atoms with van der Waals surface area (Å²) in [6, 6.07) is 30.2. The lowest BCUT2D eigenvalue weighted by Gasteiger charge is -2.20. The van der Waals surface area contributed by atoms with Crippen LogP contribution in [0.25, 0.3) is 0 Å². The molecule has 37 heavy (non-hydrogen) atoms. The average molecular weight is 510 g/mol. The molecule has 1 aliphatic heterocycles. The van der Waals surface area contributed by atoms with Crippen molar-refractivity contribution in [3.05, 3.63) is 130 Å². The van der Waals surface area contributed by atoms with Crippen LogP contribution in [0.15, 0.2) is 102 Å². The summed E-state index contributed by atoms with van der Waals surface area (Å²) in [6.45, 7) is 0. The fourth-order valence-electron chi connectivity index (χ4n) is 4.77. The van der Waals surface area contributed by atoms with E-state index >= 15 is 0 Å². The third-order valence-electron chi connectivity index (χ3n) is 6.75. The molecule has 5 nitrogen and oxygen atoms in total. The maximum Gasteiger partial charge on any atom is 0.265 e. The number of halogens is 1. The third kappa shape index (κ3) is 5.58. The van der Waals surface area contributed by atoms with Crippen molar-refractivity contribution in [1.29, 1.82) is 0 Å². The molecule has 0 bridgehead atoms. The van der Waals surface area contributed by atoms with Crippen molar-refractivity contribution < 1.29 is 9.90 Å². The molecule has 0 radical (unpaired) electrons. The SMILES string of the molecule is NN1C(=O)C(CCc2ccccc2CCc2ccccc2)N=C(c2ccc(O)cc2)c2cc(Cl)ccc21. The van der Waals surface area contributed by atoms with Gasteiger partial charge >= 0.3 is 0 Å². The number of phenolic OH excluding ortho intramolecular Hbond substituents is 1. The minimum atomic E-state index is -0.665. The zero-order valence-electron chi connectivity index (χ0n) is 20.3. The lowest BCUT2D eigenvalue weighted by Crippen LogP contribution is -2.43. The second-order valence-corrected chi connectivity index (χ2v) is 9.64. The van der Waals surface area contributed by atoms with Gasteiger partial charge in [-0.2, -0.15) is 0 Å². The standard InChI is InChI=1S/C31H28ClN3O2/c32-25-15-19-29-27(20-25)30(24-12-16-26(36)17-13-24)34-28(31(37)35(29)33)18-14-23-9-5-4-8-22(23)11-10-21-6-2-1-3-7-21/h1-9,12-13,15-17,19-20,28,36H,10-11,14,18,33H2. The number of hydrogen-bond donors (Lipinski definition) is 2. The smallest absolute Gasteiger partial charge is 0.265 e. The van der Waals surface area contributed by atoms with Crippen LogP contribution in [0.2, 0.25) is 5.02 Å². The Hall–Kier alpha value is -3.93. The van der Waals surface area contributed by atoms with E-state index in [9.17, 15) is 9.90 Å². The van der Waals surface area contributed by atoms with Gasteiger partial charge in [-0.05, 0) is 84.8 Å². The van der Waals surface area contributed by atoms with Crippen LogP contribution in [0.1, 0.15) is 34.2 Å². The second kappa shape index (κ2) is 11.0. The molecule has 186 valence electrons. The number of anilines is 1. The molecular formula is C31H28ClN3O2. The van der Waals surface area contributed by atoms with Gasteiger partial charge in [0.2, 0.25) is 0 Å². The molecule has 4 aromatic carbocycles. The number of amides is 1. The molecule has 0 saturated carbocycles. The number of rotatable bonds is 7. The molecule has 0 saturated heterocycles. The van der Waals surface area contributed by atoms with Crippen LogP contribution < -0.4 is 10.9 Å². The molecular weight excluding hydrogens is 482 g/mol. The molecule has 3 N–H and O–H groups in total. The van der Waals surface area contributed by atoms with Gasteiger partial charge in [0.25, 0.3) is 5.91 Å². The second-order valence-electron chi connectivity index (χ2n) is 9.20. The van der Waals surface area contributed by atoms with Crippen LogP contribution in [0.5, 0.6) is 5.75 Å². The van der Waals surface area contributed by atoms with Crippen molar-refractivity contribution >= 4 is 28.9 Å². The minimum absolute atomic E-state index is 0.157. The Morgan fingerprint density at radius 1 is 0.838 bits per heavy atom. The van der Waals surface area contributed by atoms with Crippen molar-refractivity contribution in [2.45, 2.75) is 31.7 Å². The Balaban J connectivity index is 1.44. The monoisotopic (exact) mass is 509 g/mol. The fourth-order valence-corrected chi connectivity index (χ4v) is 4.94. The Morgan fingerprint density at radius 3 is 2.24 bits per heavy atom. The highest BCUT2D eigenvalue weighted by Crippen LogP contribution is 2.31. The molecule has 4 aromatic rings. The van der Waals surface area contributed by atoms with Crippen LogP contribution in [-0.4, -0.2) is 22.8 Å². The summed E-state index contributed by atoms with van der Waals surface area (Å²) >= 11 is 6.32. The van der Waals surface area contributed by atoms with Gasteiger partial charge in [-0.3, -0.25) is 9.79 Å². The minimum Gasteiger partial charge on any atom is -0.508 e. The van der Waals surface area contributed by atoms with Gasteiger partial charge in [0.15, 0.2) is 0 Å². The summed E-state index contributed by atoms with van der Waals surface area (Å²) in [5, 5.41) is 11.5.